The van der Waals surface area contributed by atoms with Gasteiger partial charge in [0.15, 0.2) is 0 Å². The summed E-state index contributed by atoms with van der Waals surface area (Å²) in [6, 6.07) is 0. The largest absolute Gasteiger partial charge is 0.289 e. The van der Waals surface area contributed by atoms with Gasteiger partial charge in [-0.1, -0.05) is 103 Å². The van der Waals surface area contributed by atoms with Crippen LogP contribution in [0.5, 0.6) is 0 Å². The molecule has 1 heterocycles. The van der Waals surface area contributed by atoms with Crippen molar-refractivity contribution in [3.8, 4) is 0 Å². The van der Waals surface area contributed by atoms with E-state index in [9.17, 15) is 9.59 Å². The van der Waals surface area contributed by atoms with E-state index in [1.54, 1.807) is 6.92 Å². The van der Waals surface area contributed by atoms with Crippen LogP contribution in [0.25, 0.3) is 0 Å². The minimum absolute atomic E-state index is 0.173. The first-order valence-electron chi connectivity index (χ1n) is 11.2. The zero-order valence-corrected chi connectivity index (χ0v) is 17.3. The van der Waals surface area contributed by atoms with Gasteiger partial charge in [0.2, 0.25) is 0 Å². The maximum atomic E-state index is 11.6. The average Bonchev–Trinajstić information content (AvgIpc) is 2.87. The molecule has 1 rings (SSSR count). The van der Waals surface area contributed by atoms with E-state index in [0.717, 1.165) is 19.3 Å². The van der Waals surface area contributed by atoms with Gasteiger partial charge in [0.05, 0.1) is 0 Å². The van der Waals surface area contributed by atoms with Gasteiger partial charge in [-0.25, -0.2) is 0 Å². The topological polar surface area (TPSA) is 46.2 Å². The second-order valence-electron chi connectivity index (χ2n) is 7.94. The SMILES string of the molecule is CCCCCCCCCCCCCCCCCCC1=C(C)C(=O)NC1=O. The molecule has 3 heteroatoms. The Morgan fingerprint density at radius 2 is 0.962 bits per heavy atom. The molecule has 2 amide bonds. The highest BCUT2D eigenvalue weighted by Crippen LogP contribution is 2.19. The molecule has 150 valence electrons. The number of carbonyl (C=O) groups excluding carboxylic acids is 2. The third-order valence-corrected chi connectivity index (χ3v) is 5.57. The van der Waals surface area contributed by atoms with Crippen LogP contribution in [0.4, 0.5) is 0 Å². The molecule has 0 aromatic rings. The van der Waals surface area contributed by atoms with Crippen LogP contribution in [0.2, 0.25) is 0 Å². The van der Waals surface area contributed by atoms with Crippen LogP contribution in [-0.4, -0.2) is 11.8 Å². The Labute approximate surface area is 161 Å². The maximum Gasteiger partial charge on any atom is 0.254 e. The number of rotatable bonds is 17. The van der Waals surface area contributed by atoms with Crippen molar-refractivity contribution >= 4 is 11.8 Å². The number of hydrogen-bond donors (Lipinski definition) is 1. The predicted octanol–water partition coefficient (Wildman–Crippen LogP) is 6.61. The van der Waals surface area contributed by atoms with Crippen molar-refractivity contribution in [1.29, 1.82) is 0 Å². The molecule has 0 spiro atoms. The number of unbranched alkanes of at least 4 members (excludes halogenated alkanes) is 15. The van der Waals surface area contributed by atoms with Crippen molar-refractivity contribution < 1.29 is 9.59 Å². The van der Waals surface area contributed by atoms with Gasteiger partial charge in [-0.3, -0.25) is 14.9 Å². The molecular formula is C23H41NO2. The summed E-state index contributed by atoms with van der Waals surface area (Å²) in [7, 11) is 0. The molecule has 0 saturated heterocycles. The van der Waals surface area contributed by atoms with Gasteiger partial charge in [0, 0.05) is 11.1 Å². The van der Waals surface area contributed by atoms with Gasteiger partial charge in [-0.15, -0.1) is 0 Å². The molecule has 0 fully saturated rings. The van der Waals surface area contributed by atoms with Crippen molar-refractivity contribution in [3.05, 3.63) is 11.1 Å². The molecule has 0 aromatic carbocycles. The molecular weight excluding hydrogens is 322 g/mol. The minimum atomic E-state index is -0.207. The van der Waals surface area contributed by atoms with E-state index < -0.39 is 0 Å². The lowest BCUT2D eigenvalue weighted by atomic mass is 10.0. The highest BCUT2D eigenvalue weighted by molar-refractivity contribution is 6.19. The molecule has 0 bridgehead atoms. The van der Waals surface area contributed by atoms with Crippen molar-refractivity contribution in [1.82, 2.24) is 5.32 Å². The first-order valence-corrected chi connectivity index (χ1v) is 11.2. The van der Waals surface area contributed by atoms with Gasteiger partial charge in [-0.05, 0) is 19.8 Å². The fourth-order valence-electron chi connectivity index (χ4n) is 3.73. The maximum absolute atomic E-state index is 11.6. The van der Waals surface area contributed by atoms with E-state index in [0.29, 0.717) is 11.1 Å². The summed E-state index contributed by atoms with van der Waals surface area (Å²) in [5, 5.41) is 2.37. The van der Waals surface area contributed by atoms with Crippen LogP contribution < -0.4 is 5.32 Å². The van der Waals surface area contributed by atoms with E-state index in [1.165, 1.54) is 89.9 Å². The highest BCUT2D eigenvalue weighted by Gasteiger charge is 2.25. The lowest BCUT2D eigenvalue weighted by molar-refractivity contribution is -0.124. The van der Waals surface area contributed by atoms with E-state index in [4.69, 9.17) is 0 Å². The van der Waals surface area contributed by atoms with Gasteiger partial charge >= 0.3 is 0 Å². The lowest BCUT2D eigenvalue weighted by Crippen LogP contribution is -2.22. The van der Waals surface area contributed by atoms with Crippen LogP contribution >= 0.6 is 0 Å². The van der Waals surface area contributed by atoms with Crippen LogP contribution in [-0.2, 0) is 9.59 Å². The number of nitrogens with one attached hydrogen (secondary N) is 1. The first-order chi connectivity index (χ1) is 12.7. The Balaban J connectivity index is 1.80. The fraction of sp³-hybridized carbons (Fsp3) is 0.826. The van der Waals surface area contributed by atoms with Crippen LogP contribution in [0.1, 0.15) is 123 Å². The van der Waals surface area contributed by atoms with Crippen molar-refractivity contribution in [2.75, 3.05) is 0 Å². The molecule has 1 aliphatic heterocycles. The summed E-state index contributed by atoms with van der Waals surface area (Å²) in [4.78, 5) is 23.0. The van der Waals surface area contributed by atoms with Crippen LogP contribution in [0.3, 0.4) is 0 Å². The molecule has 0 atom stereocenters. The molecule has 1 aliphatic rings. The standard InChI is InChI=1S/C23H41NO2/c1-3-4-5-6-7-8-9-10-11-12-13-14-15-16-17-18-19-21-20(2)22(25)24-23(21)26/h3-19H2,1-2H3,(H,24,25,26). The normalized spacial score (nSPS) is 14.4. The Bertz CT molecular complexity index is 439. The number of carbonyl (C=O) groups is 2. The Kier molecular flexibility index (Phi) is 13.2. The summed E-state index contributed by atoms with van der Waals surface area (Å²) in [6.45, 7) is 4.03. The number of amides is 2. The quantitative estimate of drug-likeness (QED) is 0.233. The minimum Gasteiger partial charge on any atom is -0.289 e. The number of imide groups is 1. The molecule has 1 N–H and O–H groups in total. The van der Waals surface area contributed by atoms with Crippen molar-refractivity contribution in [2.24, 2.45) is 0 Å². The van der Waals surface area contributed by atoms with Gasteiger partial charge < -0.3 is 0 Å². The molecule has 0 unspecified atom stereocenters. The van der Waals surface area contributed by atoms with Gasteiger partial charge in [0.25, 0.3) is 11.8 Å². The summed E-state index contributed by atoms with van der Waals surface area (Å²) >= 11 is 0. The average molecular weight is 364 g/mol. The van der Waals surface area contributed by atoms with E-state index in [-0.39, 0.29) is 11.8 Å². The fourth-order valence-corrected chi connectivity index (χ4v) is 3.73. The Hall–Kier alpha value is -1.12. The summed E-state index contributed by atoms with van der Waals surface area (Å²) in [6.07, 6.45) is 22.3. The Morgan fingerprint density at radius 3 is 1.31 bits per heavy atom. The van der Waals surface area contributed by atoms with Crippen molar-refractivity contribution in [3.63, 3.8) is 0 Å². The summed E-state index contributed by atoms with van der Waals surface area (Å²) in [5.74, 6) is -0.380. The van der Waals surface area contributed by atoms with E-state index >= 15 is 0 Å². The highest BCUT2D eigenvalue weighted by atomic mass is 16.2. The second kappa shape index (κ2) is 15.0. The Morgan fingerprint density at radius 1 is 0.577 bits per heavy atom. The summed E-state index contributed by atoms with van der Waals surface area (Å²) < 4.78 is 0. The lowest BCUT2D eigenvalue weighted by Gasteiger charge is -2.04. The molecule has 0 saturated carbocycles. The van der Waals surface area contributed by atoms with E-state index in [2.05, 4.69) is 12.2 Å². The molecule has 0 aromatic heterocycles. The smallest absolute Gasteiger partial charge is 0.254 e. The third kappa shape index (κ3) is 10.1. The second-order valence-corrected chi connectivity index (χ2v) is 7.94. The van der Waals surface area contributed by atoms with Crippen LogP contribution in [0, 0.1) is 0 Å². The monoisotopic (exact) mass is 363 g/mol. The summed E-state index contributed by atoms with van der Waals surface area (Å²) in [5.41, 5.74) is 1.33. The zero-order valence-electron chi connectivity index (χ0n) is 17.3. The molecule has 0 aliphatic carbocycles. The van der Waals surface area contributed by atoms with Crippen LogP contribution in [0.15, 0.2) is 11.1 Å². The van der Waals surface area contributed by atoms with Gasteiger partial charge in [-0.2, -0.15) is 0 Å². The zero-order chi connectivity index (χ0) is 19.0. The number of hydrogen-bond acceptors (Lipinski definition) is 2. The third-order valence-electron chi connectivity index (χ3n) is 5.57. The molecule has 0 radical (unpaired) electrons. The first kappa shape index (κ1) is 22.9. The van der Waals surface area contributed by atoms with E-state index in [1.807, 2.05) is 0 Å². The predicted molar refractivity (Wildman–Crippen MR) is 110 cm³/mol. The molecule has 3 nitrogen and oxygen atoms in total. The molecule has 26 heavy (non-hydrogen) atoms. The van der Waals surface area contributed by atoms with Crippen molar-refractivity contribution in [2.45, 2.75) is 123 Å². The van der Waals surface area contributed by atoms with Gasteiger partial charge in [0.1, 0.15) is 0 Å².